The van der Waals surface area contributed by atoms with Gasteiger partial charge in [0.25, 0.3) is 0 Å². The summed E-state index contributed by atoms with van der Waals surface area (Å²) in [7, 11) is -3.08. The van der Waals surface area contributed by atoms with Crippen LogP contribution < -0.4 is 0 Å². The van der Waals surface area contributed by atoms with E-state index in [1.807, 2.05) is 37.3 Å². The summed E-state index contributed by atoms with van der Waals surface area (Å²) in [6.07, 6.45) is 9.94. The Bertz CT molecular complexity index is 1070. The normalized spacial score (nSPS) is 21.8. The van der Waals surface area contributed by atoms with Gasteiger partial charge in [0.05, 0.1) is 24.2 Å². The molecule has 32 heavy (non-hydrogen) atoms. The molecule has 1 aliphatic carbocycles. The van der Waals surface area contributed by atoms with Gasteiger partial charge in [0.1, 0.15) is 5.76 Å². The predicted molar refractivity (Wildman–Crippen MR) is 126 cm³/mol. The highest BCUT2D eigenvalue weighted by Gasteiger charge is 2.30. The van der Waals surface area contributed by atoms with Crippen molar-refractivity contribution >= 4 is 10.0 Å². The lowest BCUT2D eigenvalue weighted by Gasteiger charge is -2.20. The molecule has 1 saturated heterocycles. The molecule has 1 fully saturated rings. The van der Waals surface area contributed by atoms with E-state index in [0.29, 0.717) is 37.9 Å². The summed E-state index contributed by atoms with van der Waals surface area (Å²) in [6.45, 7) is 5.50. The molecule has 2 heterocycles. The van der Waals surface area contributed by atoms with Gasteiger partial charge in [0.15, 0.2) is 0 Å². The smallest absolute Gasteiger partial charge is 0.226 e. The topological polar surface area (TPSA) is 72.6 Å². The van der Waals surface area contributed by atoms with Crippen molar-refractivity contribution in [3.05, 3.63) is 65.6 Å². The van der Waals surface area contributed by atoms with Gasteiger partial charge in [-0.3, -0.25) is 0 Å². The van der Waals surface area contributed by atoms with Crippen LogP contribution in [0.2, 0.25) is 0 Å². The Balaban J connectivity index is 1.28. The highest BCUT2D eigenvalue weighted by Crippen LogP contribution is 2.28. The zero-order chi connectivity index (χ0) is 22.6. The van der Waals surface area contributed by atoms with Gasteiger partial charge in [-0.2, -0.15) is 0 Å². The molecule has 1 unspecified atom stereocenters. The number of rotatable bonds is 9. The average Bonchev–Trinajstić information content (AvgIpc) is 3.42. The van der Waals surface area contributed by atoms with Gasteiger partial charge >= 0.3 is 0 Å². The number of aryl methyl sites for hydroxylation is 1. The lowest BCUT2D eigenvalue weighted by molar-refractivity contribution is 0.0876. The number of benzene rings is 1. The van der Waals surface area contributed by atoms with Gasteiger partial charge in [0, 0.05) is 25.1 Å². The zero-order valence-corrected chi connectivity index (χ0v) is 19.7. The lowest BCUT2D eigenvalue weighted by atomic mass is 9.94. The summed E-state index contributed by atoms with van der Waals surface area (Å²) in [5, 5.41) is 0. The largest absolute Gasteiger partial charge is 0.441 e. The minimum absolute atomic E-state index is 0.0488. The molecular weight excluding hydrogens is 424 g/mol. The van der Waals surface area contributed by atoms with Crippen molar-refractivity contribution < 1.29 is 17.6 Å². The molecular formula is C25H32N2O4S. The molecule has 172 valence electrons. The summed E-state index contributed by atoms with van der Waals surface area (Å²) in [5.74, 6) is 2.03. The number of hydrogen-bond acceptors (Lipinski definition) is 5. The first-order chi connectivity index (χ1) is 15.4. The van der Waals surface area contributed by atoms with E-state index in [4.69, 9.17) is 9.15 Å². The van der Waals surface area contributed by atoms with E-state index in [2.05, 4.69) is 23.2 Å². The van der Waals surface area contributed by atoms with Gasteiger partial charge in [-0.1, -0.05) is 36.4 Å². The molecule has 0 radical (unpaired) electrons. The SMILES string of the molecule is CCS(=O)(=O)N1CC[C@H](CC2=CC(OCCc3nc(-c4ccccc4)oc3C)CC=C2)C1. The van der Waals surface area contributed by atoms with E-state index in [1.165, 1.54) is 5.57 Å². The number of aromatic nitrogens is 1. The Morgan fingerprint density at radius 3 is 2.84 bits per heavy atom. The minimum Gasteiger partial charge on any atom is -0.441 e. The molecule has 1 aromatic heterocycles. The molecule has 7 heteroatoms. The van der Waals surface area contributed by atoms with Crippen LogP contribution >= 0.6 is 0 Å². The van der Waals surface area contributed by atoms with Crippen molar-refractivity contribution in [2.24, 2.45) is 5.92 Å². The zero-order valence-electron chi connectivity index (χ0n) is 18.9. The lowest BCUT2D eigenvalue weighted by Crippen LogP contribution is -2.30. The third-order valence-corrected chi connectivity index (χ3v) is 8.06. The molecule has 0 saturated carbocycles. The third-order valence-electron chi connectivity index (χ3n) is 6.22. The van der Waals surface area contributed by atoms with Crippen LogP contribution in [0, 0.1) is 12.8 Å². The van der Waals surface area contributed by atoms with Crippen LogP contribution in [0.1, 0.15) is 37.6 Å². The molecule has 2 atom stereocenters. The summed E-state index contributed by atoms with van der Waals surface area (Å²) in [5.41, 5.74) is 3.15. The number of nitrogens with zero attached hydrogens (tertiary/aromatic N) is 2. The minimum atomic E-state index is -3.08. The molecule has 2 aliphatic rings. The van der Waals surface area contributed by atoms with Crippen LogP contribution in [0.5, 0.6) is 0 Å². The second-order valence-electron chi connectivity index (χ2n) is 8.54. The van der Waals surface area contributed by atoms with Crippen LogP contribution in [0.3, 0.4) is 0 Å². The summed E-state index contributed by atoms with van der Waals surface area (Å²) >= 11 is 0. The van der Waals surface area contributed by atoms with Crippen molar-refractivity contribution in [1.29, 1.82) is 0 Å². The molecule has 6 nitrogen and oxygen atoms in total. The van der Waals surface area contributed by atoms with Crippen molar-refractivity contribution in [3.63, 3.8) is 0 Å². The van der Waals surface area contributed by atoms with E-state index in [0.717, 1.165) is 36.3 Å². The Kier molecular flexibility index (Phi) is 7.28. The maximum absolute atomic E-state index is 12.1. The first-order valence-corrected chi connectivity index (χ1v) is 13.0. The predicted octanol–water partition coefficient (Wildman–Crippen LogP) is 4.53. The van der Waals surface area contributed by atoms with Crippen LogP contribution in [-0.2, 0) is 21.2 Å². The van der Waals surface area contributed by atoms with Crippen molar-refractivity contribution in [2.45, 2.75) is 45.6 Å². The van der Waals surface area contributed by atoms with E-state index in [-0.39, 0.29) is 11.9 Å². The fourth-order valence-corrected chi connectivity index (χ4v) is 5.56. The molecule has 1 aromatic carbocycles. The summed E-state index contributed by atoms with van der Waals surface area (Å²) in [6, 6.07) is 9.92. The Labute approximate surface area is 191 Å². The summed E-state index contributed by atoms with van der Waals surface area (Å²) < 4.78 is 37.8. The van der Waals surface area contributed by atoms with Crippen molar-refractivity contribution in [1.82, 2.24) is 9.29 Å². The van der Waals surface area contributed by atoms with Gasteiger partial charge in [-0.25, -0.2) is 17.7 Å². The second-order valence-corrected chi connectivity index (χ2v) is 10.8. The van der Waals surface area contributed by atoms with Gasteiger partial charge in [-0.05, 0) is 56.7 Å². The Hall–Kier alpha value is -2.22. The molecule has 0 N–H and O–H groups in total. The van der Waals surface area contributed by atoms with Crippen LogP contribution in [0.25, 0.3) is 11.5 Å². The van der Waals surface area contributed by atoms with Crippen LogP contribution in [-0.4, -0.2) is 49.3 Å². The van der Waals surface area contributed by atoms with Crippen LogP contribution in [0.15, 0.2) is 58.6 Å². The quantitative estimate of drug-likeness (QED) is 0.554. The third kappa shape index (κ3) is 5.57. The Morgan fingerprint density at radius 1 is 1.25 bits per heavy atom. The molecule has 2 aromatic rings. The highest BCUT2D eigenvalue weighted by atomic mass is 32.2. The number of allylic oxidation sites excluding steroid dienone is 2. The first-order valence-electron chi connectivity index (χ1n) is 11.4. The van der Waals surface area contributed by atoms with E-state index in [9.17, 15) is 8.42 Å². The fraction of sp³-hybridized carbons (Fsp3) is 0.480. The maximum Gasteiger partial charge on any atom is 0.226 e. The van der Waals surface area contributed by atoms with E-state index in [1.54, 1.807) is 11.2 Å². The molecule has 0 amide bonds. The first kappa shape index (κ1) is 23.0. The van der Waals surface area contributed by atoms with Gasteiger partial charge in [-0.15, -0.1) is 0 Å². The van der Waals surface area contributed by atoms with E-state index >= 15 is 0 Å². The fourth-order valence-electron chi connectivity index (χ4n) is 4.37. The van der Waals surface area contributed by atoms with Crippen molar-refractivity contribution in [3.8, 4) is 11.5 Å². The van der Waals surface area contributed by atoms with Gasteiger partial charge < -0.3 is 9.15 Å². The van der Waals surface area contributed by atoms with E-state index < -0.39 is 10.0 Å². The number of ether oxygens (including phenoxy) is 1. The highest BCUT2D eigenvalue weighted by molar-refractivity contribution is 7.89. The van der Waals surface area contributed by atoms with Gasteiger partial charge in [0.2, 0.25) is 15.9 Å². The van der Waals surface area contributed by atoms with Crippen molar-refractivity contribution in [2.75, 3.05) is 25.4 Å². The number of oxazole rings is 1. The maximum atomic E-state index is 12.1. The summed E-state index contributed by atoms with van der Waals surface area (Å²) in [4.78, 5) is 4.65. The molecule has 4 rings (SSSR count). The monoisotopic (exact) mass is 456 g/mol. The Morgan fingerprint density at radius 2 is 2.06 bits per heavy atom. The average molecular weight is 457 g/mol. The number of hydrogen-bond donors (Lipinski definition) is 0. The van der Waals surface area contributed by atoms with Crippen LogP contribution in [0.4, 0.5) is 0 Å². The standard InChI is InChI=1S/C25H32N2O4S/c1-3-32(28,29)27-14-12-21(18-27)16-20-8-7-11-23(17-20)30-15-13-24-19(2)31-25(26-24)22-9-5-4-6-10-22/h4-10,17,21,23H,3,11-16,18H2,1-2H3/t21-,23?/m1/s1. The second kappa shape index (κ2) is 10.1. The molecule has 1 aliphatic heterocycles. The number of sulfonamides is 1. The molecule has 0 bridgehead atoms. The molecule has 0 spiro atoms.